The van der Waals surface area contributed by atoms with Crippen molar-refractivity contribution in [1.29, 1.82) is 0 Å². The van der Waals surface area contributed by atoms with E-state index in [9.17, 15) is 4.79 Å². The van der Waals surface area contributed by atoms with Gasteiger partial charge in [-0.3, -0.25) is 0 Å². The lowest BCUT2D eigenvalue weighted by molar-refractivity contribution is 0.154. The first-order valence-corrected chi connectivity index (χ1v) is 7.71. The summed E-state index contributed by atoms with van der Waals surface area (Å²) in [6, 6.07) is 4.77. The van der Waals surface area contributed by atoms with Crippen molar-refractivity contribution in [3.8, 4) is 0 Å². The molecule has 1 N–H and O–H groups in total. The first kappa shape index (κ1) is 13.4. The van der Waals surface area contributed by atoms with Crippen LogP contribution in [0.1, 0.15) is 50.4 Å². The highest BCUT2D eigenvalue weighted by Gasteiger charge is 2.25. The summed E-state index contributed by atoms with van der Waals surface area (Å²) in [5.41, 5.74) is 0. The zero-order valence-corrected chi connectivity index (χ0v) is 12.0. The molecule has 100 valence electrons. The second-order valence-electron chi connectivity index (χ2n) is 4.96. The van der Waals surface area contributed by atoms with Gasteiger partial charge in [-0.15, -0.1) is 11.3 Å². The highest BCUT2D eigenvalue weighted by atomic mass is 32.1. The van der Waals surface area contributed by atoms with Gasteiger partial charge in [-0.25, -0.2) is 4.79 Å². The minimum atomic E-state index is 0.0995. The number of piperidine rings is 1. The van der Waals surface area contributed by atoms with Gasteiger partial charge in [0.1, 0.15) is 0 Å². The van der Waals surface area contributed by atoms with Crippen LogP contribution in [0, 0.1) is 0 Å². The number of nitrogens with one attached hydrogen (secondary N) is 1. The molecule has 2 unspecified atom stereocenters. The predicted molar refractivity (Wildman–Crippen MR) is 75.9 cm³/mol. The van der Waals surface area contributed by atoms with E-state index >= 15 is 0 Å². The molecule has 1 aliphatic rings. The van der Waals surface area contributed by atoms with Crippen LogP contribution in [0.15, 0.2) is 17.5 Å². The number of likely N-dealkylation sites (tertiary alicyclic amines) is 1. The van der Waals surface area contributed by atoms with Gasteiger partial charge >= 0.3 is 6.03 Å². The molecule has 1 saturated heterocycles. The highest BCUT2D eigenvalue weighted by molar-refractivity contribution is 7.10. The van der Waals surface area contributed by atoms with Gasteiger partial charge in [0, 0.05) is 17.5 Å². The standard InChI is InChI=1S/C14H22N2OS/c1-3-12(13-8-6-10-18-13)15-14(17)16-9-5-4-7-11(16)2/h6,8,10-12H,3-5,7,9H2,1-2H3,(H,15,17). The van der Waals surface area contributed by atoms with E-state index in [1.807, 2.05) is 11.0 Å². The second-order valence-corrected chi connectivity index (χ2v) is 5.94. The van der Waals surface area contributed by atoms with Crippen LogP contribution >= 0.6 is 11.3 Å². The van der Waals surface area contributed by atoms with Crippen molar-refractivity contribution in [3.05, 3.63) is 22.4 Å². The molecule has 1 fully saturated rings. The third-order valence-corrected chi connectivity index (χ3v) is 4.64. The fourth-order valence-electron chi connectivity index (χ4n) is 2.50. The lowest BCUT2D eigenvalue weighted by atomic mass is 10.0. The third kappa shape index (κ3) is 3.05. The molecule has 3 nitrogen and oxygen atoms in total. The van der Waals surface area contributed by atoms with Gasteiger partial charge in [-0.1, -0.05) is 13.0 Å². The Kier molecular flexibility index (Phi) is 4.64. The molecule has 18 heavy (non-hydrogen) atoms. The van der Waals surface area contributed by atoms with E-state index in [1.54, 1.807) is 11.3 Å². The van der Waals surface area contributed by atoms with Crippen molar-refractivity contribution in [3.63, 3.8) is 0 Å². The topological polar surface area (TPSA) is 32.3 Å². The number of hydrogen-bond acceptors (Lipinski definition) is 2. The maximum absolute atomic E-state index is 12.3. The molecule has 4 heteroatoms. The van der Waals surface area contributed by atoms with Crippen LogP contribution in [0.25, 0.3) is 0 Å². The van der Waals surface area contributed by atoms with Gasteiger partial charge in [0.05, 0.1) is 6.04 Å². The lowest BCUT2D eigenvalue weighted by Gasteiger charge is -2.34. The first-order chi connectivity index (χ1) is 8.72. The van der Waals surface area contributed by atoms with Gasteiger partial charge in [0.25, 0.3) is 0 Å². The molecule has 0 aliphatic carbocycles. The van der Waals surface area contributed by atoms with E-state index in [-0.39, 0.29) is 12.1 Å². The number of urea groups is 1. The molecule has 2 atom stereocenters. The Morgan fingerprint density at radius 1 is 1.61 bits per heavy atom. The molecule has 2 heterocycles. The van der Waals surface area contributed by atoms with Crippen molar-refractivity contribution < 1.29 is 4.79 Å². The zero-order chi connectivity index (χ0) is 13.0. The smallest absolute Gasteiger partial charge is 0.318 e. The fraction of sp³-hybridized carbons (Fsp3) is 0.643. The number of rotatable bonds is 3. The van der Waals surface area contributed by atoms with Crippen molar-refractivity contribution >= 4 is 17.4 Å². The number of amides is 2. The summed E-state index contributed by atoms with van der Waals surface area (Å²) in [5, 5.41) is 5.23. The molecule has 1 aliphatic heterocycles. The van der Waals surface area contributed by atoms with E-state index in [2.05, 4.69) is 30.6 Å². The third-order valence-electron chi connectivity index (χ3n) is 3.66. The summed E-state index contributed by atoms with van der Waals surface area (Å²) in [7, 11) is 0. The molecule has 2 rings (SSSR count). The number of carbonyl (C=O) groups is 1. The fourth-order valence-corrected chi connectivity index (χ4v) is 3.36. The molecular weight excluding hydrogens is 244 g/mol. The van der Waals surface area contributed by atoms with Crippen molar-refractivity contribution in [2.45, 2.75) is 51.6 Å². The Balaban J connectivity index is 1.97. The number of nitrogens with zero attached hydrogens (tertiary/aromatic N) is 1. The largest absolute Gasteiger partial charge is 0.330 e. The van der Waals surface area contributed by atoms with Crippen molar-refractivity contribution in [2.75, 3.05) is 6.54 Å². The molecule has 1 aromatic rings. The van der Waals surface area contributed by atoms with Gasteiger partial charge in [-0.2, -0.15) is 0 Å². The number of thiophene rings is 1. The maximum atomic E-state index is 12.3. The van der Waals surface area contributed by atoms with Crippen LogP contribution in [0.2, 0.25) is 0 Å². The summed E-state index contributed by atoms with van der Waals surface area (Å²) >= 11 is 1.71. The highest BCUT2D eigenvalue weighted by Crippen LogP contribution is 2.23. The SMILES string of the molecule is CCC(NC(=O)N1CCCCC1C)c1cccs1. The van der Waals surface area contributed by atoms with Crippen LogP contribution < -0.4 is 5.32 Å². The van der Waals surface area contributed by atoms with Crippen LogP contribution in [0.3, 0.4) is 0 Å². The summed E-state index contributed by atoms with van der Waals surface area (Å²) < 4.78 is 0. The Bertz CT molecular complexity index is 377. The van der Waals surface area contributed by atoms with Crippen LogP contribution in [-0.4, -0.2) is 23.5 Å². The summed E-state index contributed by atoms with van der Waals surface area (Å²) in [5.74, 6) is 0. The number of hydrogen-bond donors (Lipinski definition) is 1. The summed E-state index contributed by atoms with van der Waals surface area (Å²) in [6.45, 7) is 5.16. The normalized spacial score (nSPS) is 21.7. The monoisotopic (exact) mass is 266 g/mol. The van der Waals surface area contributed by atoms with E-state index < -0.39 is 0 Å². The maximum Gasteiger partial charge on any atom is 0.318 e. The quantitative estimate of drug-likeness (QED) is 0.887. The molecule has 0 spiro atoms. The first-order valence-electron chi connectivity index (χ1n) is 6.83. The van der Waals surface area contributed by atoms with E-state index in [0.29, 0.717) is 6.04 Å². The Labute approximate surface area is 113 Å². The lowest BCUT2D eigenvalue weighted by Crippen LogP contribution is -2.48. The predicted octanol–water partition coefficient (Wildman–Crippen LogP) is 3.78. The molecule has 2 amide bonds. The minimum absolute atomic E-state index is 0.0995. The Morgan fingerprint density at radius 2 is 2.44 bits per heavy atom. The van der Waals surface area contributed by atoms with Gasteiger partial charge in [0.2, 0.25) is 0 Å². The molecular formula is C14H22N2OS. The molecule has 0 saturated carbocycles. The van der Waals surface area contributed by atoms with E-state index in [4.69, 9.17) is 0 Å². The van der Waals surface area contributed by atoms with Gasteiger partial charge in [-0.05, 0) is 44.1 Å². The minimum Gasteiger partial charge on any atom is -0.330 e. The van der Waals surface area contributed by atoms with Crippen molar-refractivity contribution in [2.24, 2.45) is 0 Å². The average Bonchev–Trinajstić information content (AvgIpc) is 2.90. The Hall–Kier alpha value is -1.03. The van der Waals surface area contributed by atoms with Crippen LogP contribution in [0.5, 0.6) is 0 Å². The van der Waals surface area contributed by atoms with E-state index in [0.717, 1.165) is 25.8 Å². The molecule has 0 aromatic carbocycles. The van der Waals surface area contributed by atoms with Crippen LogP contribution in [0.4, 0.5) is 4.79 Å². The summed E-state index contributed by atoms with van der Waals surface area (Å²) in [6.07, 6.45) is 4.44. The molecule has 0 radical (unpaired) electrons. The van der Waals surface area contributed by atoms with Gasteiger partial charge < -0.3 is 10.2 Å². The molecule has 0 bridgehead atoms. The van der Waals surface area contributed by atoms with E-state index in [1.165, 1.54) is 11.3 Å². The number of carbonyl (C=O) groups excluding carboxylic acids is 1. The molecule has 1 aromatic heterocycles. The van der Waals surface area contributed by atoms with Gasteiger partial charge in [0.15, 0.2) is 0 Å². The summed E-state index contributed by atoms with van der Waals surface area (Å²) in [4.78, 5) is 15.5. The average molecular weight is 266 g/mol. The Morgan fingerprint density at radius 3 is 3.06 bits per heavy atom. The second kappa shape index (κ2) is 6.23. The zero-order valence-electron chi connectivity index (χ0n) is 11.2. The van der Waals surface area contributed by atoms with Crippen molar-refractivity contribution in [1.82, 2.24) is 10.2 Å². The van der Waals surface area contributed by atoms with Crippen LogP contribution in [-0.2, 0) is 0 Å².